The molecule has 2 amide bonds. The molecule has 10 heteroatoms. The number of anilines is 1. The third-order valence-electron chi connectivity index (χ3n) is 4.91. The molecule has 7 nitrogen and oxygen atoms in total. The summed E-state index contributed by atoms with van der Waals surface area (Å²) in [5.41, 5.74) is 3.37. The third kappa shape index (κ3) is 6.85. The minimum Gasteiger partial charge on any atom is -0.352 e. The first-order valence-corrected chi connectivity index (χ1v) is 12.3. The van der Waals surface area contributed by atoms with Crippen molar-refractivity contribution < 1.29 is 9.59 Å². The van der Waals surface area contributed by atoms with Crippen molar-refractivity contribution in [2.24, 2.45) is 0 Å². The highest BCUT2D eigenvalue weighted by Gasteiger charge is 2.15. The van der Waals surface area contributed by atoms with Crippen LogP contribution in [0.25, 0.3) is 0 Å². The van der Waals surface area contributed by atoms with E-state index >= 15 is 0 Å². The van der Waals surface area contributed by atoms with Crippen LogP contribution in [0.2, 0.25) is 10.0 Å². The van der Waals surface area contributed by atoms with E-state index in [0.29, 0.717) is 46.1 Å². The number of aryl methyl sites for hydroxylation is 2. The molecule has 34 heavy (non-hydrogen) atoms. The van der Waals surface area contributed by atoms with E-state index in [2.05, 4.69) is 27.4 Å². The minimum absolute atomic E-state index is 0.124. The molecule has 0 aliphatic carbocycles. The zero-order chi connectivity index (χ0) is 24.7. The monoisotopic (exact) mass is 517 g/mol. The predicted molar refractivity (Wildman–Crippen MR) is 138 cm³/mol. The number of nitrogens with one attached hydrogen (secondary N) is 2. The molecule has 0 saturated heterocycles. The van der Waals surface area contributed by atoms with Crippen molar-refractivity contribution in [3.8, 4) is 0 Å². The lowest BCUT2D eigenvalue weighted by atomic mass is 10.1. The van der Waals surface area contributed by atoms with Crippen LogP contribution in [0.4, 0.5) is 5.69 Å². The number of thioether (sulfide) groups is 1. The van der Waals surface area contributed by atoms with E-state index in [-0.39, 0.29) is 17.6 Å². The Morgan fingerprint density at radius 1 is 1.12 bits per heavy atom. The van der Waals surface area contributed by atoms with Crippen LogP contribution >= 0.6 is 35.0 Å². The first-order valence-electron chi connectivity index (χ1n) is 10.5. The summed E-state index contributed by atoms with van der Waals surface area (Å²) in [6.07, 6.45) is 2.20. The number of halogens is 2. The number of hydrogen-bond acceptors (Lipinski definition) is 5. The van der Waals surface area contributed by atoms with Gasteiger partial charge in [-0.05, 0) is 43.7 Å². The van der Waals surface area contributed by atoms with Gasteiger partial charge < -0.3 is 15.2 Å². The molecule has 0 fully saturated rings. The summed E-state index contributed by atoms with van der Waals surface area (Å²) < 4.78 is 1.88. The summed E-state index contributed by atoms with van der Waals surface area (Å²) in [5, 5.41) is 15.6. The lowest BCUT2D eigenvalue weighted by molar-refractivity contribution is -0.113. The molecule has 0 unspecified atom stereocenters. The van der Waals surface area contributed by atoms with Crippen molar-refractivity contribution in [3.05, 3.63) is 81.6 Å². The standard InChI is InChI=1S/C24H25Cl2N5O2S/c1-4-11-31-21(9-10-27-23(33)17-6-7-18(25)19(26)13-17)29-30-24(31)34-14-22(32)28-20-8-5-15(2)12-16(20)3/h4-8,12-13H,1,9-11,14H2,2-3H3,(H,27,33)(H,28,32). The van der Waals surface area contributed by atoms with E-state index in [9.17, 15) is 9.59 Å². The average molecular weight is 518 g/mol. The molecule has 3 aromatic rings. The van der Waals surface area contributed by atoms with Gasteiger partial charge in [0.05, 0.1) is 15.8 Å². The Morgan fingerprint density at radius 2 is 1.91 bits per heavy atom. The number of aromatic nitrogens is 3. The van der Waals surface area contributed by atoms with Crippen molar-refractivity contribution >= 4 is 52.5 Å². The Bertz CT molecular complexity index is 1210. The first-order chi connectivity index (χ1) is 16.3. The van der Waals surface area contributed by atoms with E-state index in [1.165, 1.54) is 17.8 Å². The van der Waals surface area contributed by atoms with Gasteiger partial charge in [-0.25, -0.2) is 0 Å². The third-order valence-corrected chi connectivity index (χ3v) is 6.62. The van der Waals surface area contributed by atoms with Crippen molar-refractivity contribution in [2.75, 3.05) is 17.6 Å². The second-order valence-electron chi connectivity index (χ2n) is 7.59. The average Bonchev–Trinajstić information content (AvgIpc) is 3.18. The van der Waals surface area contributed by atoms with E-state index in [1.807, 2.05) is 36.6 Å². The van der Waals surface area contributed by atoms with Gasteiger partial charge in [0, 0.05) is 30.8 Å². The number of amides is 2. The normalized spacial score (nSPS) is 10.7. The SMILES string of the molecule is C=CCn1c(CCNC(=O)c2ccc(Cl)c(Cl)c2)nnc1SCC(=O)Nc1ccc(C)cc1C. The van der Waals surface area contributed by atoms with Crippen LogP contribution in [0.1, 0.15) is 27.3 Å². The first kappa shape index (κ1) is 25.8. The van der Waals surface area contributed by atoms with Crippen LogP contribution < -0.4 is 10.6 Å². The molecule has 0 aliphatic heterocycles. The van der Waals surface area contributed by atoms with Gasteiger partial charge in [-0.2, -0.15) is 0 Å². The lowest BCUT2D eigenvalue weighted by Gasteiger charge is -2.10. The number of allylic oxidation sites excluding steroid dienone is 1. The summed E-state index contributed by atoms with van der Waals surface area (Å²) in [4.78, 5) is 24.8. The van der Waals surface area contributed by atoms with Crippen LogP contribution in [0.15, 0.2) is 54.2 Å². The molecule has 3 rings (SSSR count). The largest absolute Gasteiger partial charge is 0.352 e. The Morgan fingerprint density at radius 3 is 2.62 bits per heavy atom. The zero-order valence-corrected chi connectivity index (χ0v) is 21.2. The highest BCUT2D eigenvalue weighted by molar-refractivity contribution is 7.99. The lowest BCUT2D eigenvalue weighted by Crippen LogP contribution is -2.26. The summed E-state index contributed by atoms with van der Waals surface area (Å²) in [5.74, 6) is 0.495. The highest BCUT2D eigenvalue weighted by Crippen LogP contribution is 2.23. The molecule has 0 aliphatic rings. The van der Waals surface area contributed by atoms with E-state index in [1.54, 1.807) is 18.2 Å². The Balaban J connectivity index is 1.56. The van der Waals surface area contributed by atoms with Gasteiger partial charge in [0.2, 0.25) is 5.91 Å². The van der Waals surface area contributed by atoms with Gasteiger partial charge in [-0.1, -0.05) is 58.7 Å². The number of nitrogens with zero attached hydrogens (tertiary/aromatic N) is 3. The van der Waals surface area contributed by atoms with Crippen molar-refractivity contribution in [1.29, 1.82) is 0 Å². The maximum Gasteiger partial charge on any atom is 0.251 e. The van der Waals surface area contributed by atoms with Crippen LogP contribution in [0.3, 0.4) is 0 Å². The molecule has 0 bridgehead atoms. The molecule has 2 N–H and O–H groups in total. The number of carbonyl (C=O) groups excluding carboxylic acids is 2. The molecule has 0 saturated carbocycles. The molecule has 1 aromatic heterocycles. The Kier molecular flexibility index (Phi) is 9.15. The van der Waals surface area contributed by atoms with E-state index in [0.717, 1.165) is 16.8 Å². The number of carbonyl (C=O) groups is 2. The Labute approximate surface area is 212 Å². The van der Waals surface area contributed by atoms with Gasteiger partial charge in [-0.3, -0.25) is 9.59 Å². The summed E-state index contributed by atoms with van der Waals surface area (Å²) in [7, 11) is 0. The molecule has 0 atom stereocenters. The predicted octanol–water partition coefficient (Wildman–Crippen LogP) is 5.09. The molecular formula is C24H25Cl2N5O2S. The van der Waals surface area contributed by atoms with Gasteiger partial charge >= 0.3 is 0 Å². The Hall–Kier alpha value is -2.81. The maximum atomic E-state index is 12.5. The van der Waals surface area contributed by atoms with Crippen molar-refractivity contribution in [1.82, 2.24) is 20.1 Å². The maximum absolute atomic E-state index is 12.5. The summed E-state index contributed by atoms with van der Waals surface area (Å²) in [6.45, 7) is 8.61. The minimum atomic E-state index is -0.258. The number of benzene rings is 2. The van der Waals surface area contributed by atoms with Gasteiger partial charge in [0.25, 0.3) is 5.91 Å². The number of rotatable bonds is 10. The van der Waals surface area contributed by atoms with Crippen LogP contribution in [-0.4, -0.2) is 38.9 Å². The van der Waals surface area contributed by atoms with Crippen molar-refractivity contribution in [2.45, 2.75) is 32.0 Å². The zero-order valence-electron chi connectivity index (χ0n) is 18.9. The molecule has 0 spiro atoms. The smallest absolute Gasteiger partial charge is 0.251 e. The van der Waals surface area contributed by atoms with Crippen LogP contribution in [0.5, 0.6) is 0 Å². The van der Waals surface area contributed by atoms with E-state index in [4.69, 9.17) is 23.2 Å². The molecule has 2 aromatic carbocycles. The molecule has 0 radical (unpaired) electrons. The summed E-state index contributed by atoms with van der Waals surface area (Å²) in [6, 6.07) is 10.6. The van der Waals surface area contributed by atoms with Gasteiger partial charge in [-0.15, -0.1) is 16.8 Å². The molecule has 178 valence electrons. The molecular weight excluding hydrogens is 493 g/mol. The number of hydrogen-bond donors (Lipinski definition) is 2. The van der Waals surface area contributed by atoms with Gasteiger partial charge in [0.15, 0.2) is 5.16 Å². The second-order valence-corrected chi connectivity index (χ2v) is 9.34. The van der Waals surface area contributed by atoms with E-state index < -0.39 is 0 Å². The molecule has 1 heterocycles. The van der Waals surface area contributed by atoms with Gasteiger partial charge in [0.1, 0.15) is 5.82 Å². The van der Waals surface area contributed by atoms with Crippen LogP contribution in [0, 0.1) is 13.8 Å². The fourth-order valence-corrected chi connectivity index (χ4v) is 4.29. The summed E-state index contributed by atoms with van der Waals surface area (Å²) >= 11 is 13.2. The quantitative estimate of drug-likeness (QED) is 0.288. The highest BCUT2D eigenvalue weighted by atomic mass is 35.5. The fourth-order valence-electron chi connectivity index (χ4n) is 3.22. The van der Waals surface area contributed by atoms with Crippen LogP contribution in [-0.2, 0) is 17.8 Å². The fraction of sp³-hybridized carbons (Fsp3) is 0.250. The van der Waals surface area contributed by atoms with Crippen molar-refractivity contribution in [3.63, 3.8) is 0 Å². The second kappa shape index (κ2) is 12.1. The topological polar surface area (TPSA) is 88.9 Å².